The number of benzene rings is 3. The first-order chi connectivity index (χ1) is 18.0. The molecule has 0 radical (unpaired) electrons. The average Bonchev–Trinajstić information content (AvgIpc) is 2.88. The van der Waals surface area contributed by atoms with Gasteiger partial charge >= 0.3 is 0 Å². The fourth-order valence-electron chi connectivity index (χ4n) is 4.43. The number of nitrogens with one attached hydrogen (secondary N) is 1. The molecule has 7 nitrogen and oxygen atoms in total. The summed E-state index contributed by atoms with van der Waals surface area (Å²) >= 11 is 0. The highest BCUT2D eigenvalue weighted by molar-refractivity contribution is 7.92. The predicted octanol–water partition coefficient (Wildman–Crippen LogP) is 4.67. The molecule has 3 aromatic rings. The maximum absolute atomic E-state index is 14.0. The molecule has 1 N–H and O–H groups in total. The highest BCUT2D eigenvalue weighted by atomic mass is 32.2. The number of hydrogen-bond acceptors (Lipinski definition) is 4. The lowest BCUT2D eigenvalue weighted by Crippen LogP contribution is -2.51. The molecule has 1 atom stereocenters. The van der Waals surface area contributed by atoms with Gasteiger partial charge in [0.25, 0.3) is 10.0 Å². The van der Waals surface area contributed by atoms with Crippen LogP contribution in [-0.2, 0) is 26.2 Å². The average molecular weight is 536 g/mol. The van der Waals surface area contributed by atoms with E-state index in [0.29, 0.717) is 12.1 Å². The lowest BCUT2D eigenvalue weighted by Gasteiger charge is -2.33. The van der Waals surface area contributed by atoms with Crippen LogP contribution in [0.5, 0.6) is 0 Å². The van der Waals surface area contributed by atoms with E-state index in [4.69, 9.17) is 0 Å². The zero-order valence-electron chi connectivity index (χ0n) is 23.0. The first-order valence-electron chi connectivity index (χ1n) is 12.7. The first kappa shape index (κ1) is 28.9. The van der Waals surface area contributed by atoms with Crippen molar-refractivity contribution in [3.05, 3.63) is 94.5 Å². The van der Waals surface area contributed by atoms with Crippen molar-refractivity contribution in [3.63, 3.8) is 0 Å². The monoisotopic (exact) mass is 535 g/mol. The van der Waals surface area contributed by atoms with Crippen molar-refractivity contribution in [2.45, 2.75) is 58.5 Å². The highest BCUT2D eigenvalue weighted by Crippen LogP contribution is 2.29. The molecule has 0 fully saturated rings. The normalized spacial score (nSPS) is 12.1. The summed E-state index contributed by atoms with van der Waals surface area (Å²) in [7, 11) is -2.56. The lowest BCUT2D eigenvalue weighted by atomic mass is 10.1. The Labute approximate surface area is 226 Å². The molecule has 1 unspecified atom stereocenters. The van der Waals surface area contributed by atoms with Crippen molar-refractivity contribution < 1.29 is 18.0 Å². The summed E-state index contributed by atoms with van der Waals surface area (Å²) in [5.41, 5.74) is 4.85. The molecule has 3 aromatic carbocycles. The quantitative estimate of drug-likeness (QED) is 0.409. The minimum absolute atomic E-state index is 0.0976. The van der Waals surface area contributed by atoms with Gasteiger partial charge in [-0.2, -0.15) is 0 Å². The summed E-state index contributed by atoms with van der Waals surface area (Å²) in [4.78, 5) is 28.4. The molecule has 2 amide bonds. The molecule has 0 spiro atoms. The van der Waals surface area contributed by atoms with E-state index < -0.39 is 28.5 Å². The summed E-state index contributed by atoms with van der Waals surface area (Å²) in [6.07, 6.45) is 0.380. The van der Waals surface area contributed by atoms with Gasteiger partial charge in [-0.25, -0.2) is 8.42 Å². The molecule has 0 aliphatic carbocycles. The third-order valence-electron chi connectivity index (χ3n) is 6.59. The zero-order valence-corrected chi connectivity index (χ0v) is 23.8. The van der Waals surface area contributed by atoms with E-state index in [2.05, 4.69) is 5.32 Å². The topological polar surface area (TPSA) is 86.8 Å². The van der Waals surface area contributed by atoms with Crippen LogP contribution >= 0.6 is 0 Å². The smallest absolute Gasteiger partial charge is 0.264 e. The van der Waals surface area contributed by atoms with E-state index in [9.17, 15) is 18.0 Å². The number of likely N-dealkylation sites (N-methyl/N-ethyl adjacent to an activating group) is 1. The lowest BCUT2D eigenvalue weighted by molar-refractivity contribution is -0.140. The molecule has 0 aliphatic heterocycles. The van der Waals surface area contributed by atoms with E-state index in [0.717, 1.165) is 27.8 Å². The third-order valence-corrected chi connectivity index (χ3v) is 8.36. The molecule has 0 saturated carbocycles. The number of aryl methyl sites for hydroxylation is 4. The van der Waals surface area contributed by atoms with Crippen molar-refractivity contribution in [2.24, 2.45) is 0 Å². The molecule has 0 heterocycles. The van der Waals surface area contributed by atoms with E-state index in [-0.39, 0.29) is 17.3 Å². The van der Waals surface area contributed by atoms with Gasteiger partial charge in [0.05, 0.1) is 10.6 Å². The largest absolute Gasteiger partial charge is 0.357 e. The molecule has 0 aromatic heterocycles. The van der Waals surface area contributed by atoms with E-state index in [1.165, 1.54) is 16.3 Å². The summed E-state index contributed by atoms with van der Waals surface area (Å²) in [5, 5.41) is 2.65. The minimum Gasteiger partial charge on any atom is -0.357 e. The summed E-state index contributed by atoms with van der Waals surface area (Å²) in [5.74, 6) is -0.758. The number of carbonyl (C=O) groups excluding carboxylic acids is 2. The van der Waals surface area contributed by atoms with Gasteiger partial charge in [0.2, 0.25) is 11.8 Å². The van der Waals surface area contributed by atoms with Crippen LogP contribution in [0.25, 0.3) is 0 Å². The fraction of sp³-hybridized carbons (Fsp3) is 0.333. The van der Waals surface area contributed by atoms with E-state index in [1.807, 2.05) is 71.0 Å². The summed E-state index contributed by atoms with van der Waals surface area (Å²) < 4.78 is 29.1. The zero-order chi connectivity index (χ0) is 28.0. The molecule has 3 rings (SSSR count). The van der Waals surface area contributed by atoms with Crippen molar-refractivity contribution in [2.75, 3.05) is 17.9 Å². The number of carbonyl (C=O) groups is 2. The number of hydrogen-bond donors (Lipinski definition) is 1. The number of rotatable bonds is 10. The van der Waals surface area contributed by atoms with Gasteiger partial charge < -0.3 is 10.2 Å². The number of nitrogens with zero attached hydrogens (tertiary/aromatic N) is 2. The molecular weight excluding hydrogens is 498 g/mol. The Bertz CT molecular complexity index is 1400. The van der Waals surface area contributed by atoms with Crippen molar-refractivity contribution in [1.29, 1.82) is 0 Å². The van der Waals surface area contributed by atoms with Gasteiger partial charge in [-0.15, -0.1) is 0 Å². The predicted molar refractivity (Wildman–Crippen MR) is 152 cm³/mol. The van der Waals surface area contributed by atoms with E-state index in [1.54, 1.807) is 30.3 Å². The van der Waals surface area contributed by atoms with Gasteiger partial charge in [-0.05, 0) is 69.0 Å². The van der Waals surface area contributed by atoms with Crippen LogP contribution in [0.1, 0.15) is 41.2 Å². The van der Waals surface area contributed by atoms with Crippen LogP contribution in [0.15, 0.2) is 71.6 Å². The fourth-order valence-corrected chi connectivity index (χ4v) is 5.90. The Morgan fingerprint density at radius 2 is 1.50 bits per heavy atom. The number of anilines is 1. The number of amides is 2. The standard InChI is InChI=1S/C30H37N3O4S/c1-7-27(30(35)31-6)32(19-25-10-8-9-22(3)17-25)29(34)20-33(28-18-23(4)11-14-24(28)5)38(36,37)26-15-12-21(2)13-16-26/h8-18,27H,7,19-20H2,1-6H3,(H,31,35). The second-order valence-corrected chi connectivity index (χ2v) is 11.5. The molecule has 38 heavy (non-hydrogen) atoms. The second-order valence-electron chi connectivity index (χ2n) is 9.66. The second kappa shape index (κ2) is 12.3. The molecular formula is C30H37N3O4S. The minimum atomic E-state index is -4.09. The maximum atomic E-state index is 14.0. The van der Waals surface area contributed by atoms with Crippen molar-refractivity contribution in [3.8, 4) is 0 Å². The maximum Gasteiger partial charge on any atom is 0.264 e. The van der Waals surface area contributed by atoms with Crippen LogP contribution in [-0.4, -0.2) is 44.8 Å². The van der Waals surface area contributed by atoms with Gasteiger partial charge in [0.1, 0.15) is 12.6 Å². The summed E-state index contributed by atoms with van der Waals surface area (Å²) in [6.45, 7) is 9.11. The van der Waals surface area contributed by atoms with Crippen LogP contribution in [0.4, 0.5) is 5.69 Å². The first-order valence-corrected chi connectivity index (χ1v) is 14.1. The molecule has 0 saturated heterocycles. The molecule has 202 valence electrons. The van der Waals surface area contributed by atoms with Crippen LogP contribution in [0, 0.1) is 27.7 Å². The summed E-state index contributed by atoms with van der Waals surface area (Å²) in [6, 6.07) is 19.1. The van der Waals surface area contributed by atoms with Gasteiger partial charge in [-0.1, -0.05) is 66.6 Å². The molecule has 0 bridgehead atoms. The Kier molecular flexibility index (Phi) is 9.33. The molecule has 0 aliphatic rings. The van der Waals surface area contributed by atoms with Crippen LogP contribution < -0.4 is 9.62 Å². The van der Waals surface area contributed by atoms with Gasteiger partial charge in [0.15, 0.2) is 0 Å². The van der Waals surface area contributed by atoms with E-state index >= 15 is 0 Å². The Morgan fingerprint density at radius 3 is 2.11 bits per heavy atom. The number of sulfonamides is 1. The highest BCUT2D eigenvalue weighted by Gasteiger charge is 2.34. The van der Waals surface area contributed by atoms with Crippen molar-refractivity contribution in [1.82, 2.24) is 10.2 Å². The van der Waals surface area contributed by atoms with Gasteiger partial charge in [0, 0.05) is 13.6 Å². The van der Waals surface area contributed by atoms with Gasteiger partial charge in [-0.3, -0.25) is 13.9 Å². The SMILES string of the molecule is CCC(C(=O)NC)N(Cc1cccc(C)c1)C(=O)CN(c1cc(C)ccc1C)S(=O)(=O)c1ccc(C)cc1. The van der Waals surface area contributed by atoms with Crippen LogP contribution in [0.3, 0.4) is 0 Å². The molecule has 8 heteroatoms. The Hall–Kier alpha value is -3.65. The van der Waals surface area contributed by atoms with Crippen LogP contribution in [0.2, 0.25) is 0 Å². The van der Waals surface area contributed by atoms with Crippen molar-refractivity contribution >= 4 is 27.5 Å². The Balaban J connectivity index is 2.11. The third kappa shape index (κ3) is 6.61. The Morgan fingerprint density at radius 1 is 0.868 bits per heavy atom.